The predicted octanol–water partition coefficient (Wildman–Crippen LogP) is 3.55. The van der Waals surface area contributed by atoms with Gasteiger partial charge in [-0.1, -0.05) is 31.0 Å². The first kappa shape index (κ1) is 15.4. The molecule has 1 rings (SSSR count). The summed E-state index contributed by atoms with van der Waals surface area (Å²) < 4.78 is 18.7. The van der Waals surface area contributed by atoms with Gasteiger partial charge in [0.25, 0.3) is 0 Å². The number of nitrogens with two attached hydrogens (primary N) is 1. The summed E-state index contributed by atoms with van der Waals surface area (Å²) in [5.41, 5.74) is 7.09. The lowest BCUT2D eigenvalue weighted by Gasteiger charge is -2.23. The molecular weight excluding hydrogens is 253 g/mol. The van der Waals surface area contributed by atoms with Gasteiger partial charge in [-0.25, -0.2) is 4.39 Å². The third kappa shape index (κ3) is 4.56. The second-order valence-corrected chi connectivity index (χ2v) is 4.81. The number of hydrogen-bond donors (Lipinski definition) is 1. The van der Waals surface area contributed by atoms with Crippen LogP contribution in [0.3, 0.4) is 0 Å². The Morgan fingerprint density at radius 1 is 1.39 bits per heavy atom. The number of benzene rings is 1. The lowest BCUT2D eigenvalue weighted by molar-refractivity contribution is 0.0378. The quantitative estimate of drug-likeness (QED) is 0.824. The molecule has 0 aliphatic rings. The zero-order valence-corrected chi connectivity index (χ0v) is 11.7. The van der Waals surface area contributed by atoms with Gasteiger partial charge in [0, 0.05) is 12.6 Å². The smallest absolute Gasteiger partial charge is 0.141 e. The summed E-state index contributed by atoms with van der Waals surface area (Å²) in [5.74, 6) is -0.399. The molecule has 4 heteroatoms. The molecule has 0 heterocycles. The van der Waals surface area contributed by atoms with Crippen LogP contribution in [0.4, 0.5) is 4.39 Å². The highest BCUT2D eigenvalue weighted by Gasteiger charge is 2.18. The molecule has 0 saturated heterocycles. The molecule has 0 aliphatic heterocycles. The number of ether oxygens (including phenoxy) is 1. The highest BCUT2D eigenvalue weighted by Crippen LogP contribution is 2.18. The average molecular weight is 274 g/mol. The van der Waals surface area contributed by atoms with Gasteiger partial charge < -0.3 is 10.5 Å². The lowest BCUT2D eigenvalue weighted by atomic mass is 9.99. The van der Waals surface area contributed by atoms with E-state index in [4.69, 9.17) is 22.1 Å². The molecule has 0 radical (unpaired) electrons. The minimum atomic E-state index is -0.399. The molecule has 2 unspecified atom stereocenters. The van der Waals surface area contributed by atoms with Crippen molar-refractivity contribution in [2.75, 3.05) is 6.61 Å². The third-order valence-corrected chi connectivity index (χ3v) is 3.18. The van der Waals surface area contributed by atoms with Crippen molar-refractivity contribution < 1.29 is 9.13 Å². The van der Waals surface area contributed by atoms with E-state index in [2.05, 4.69) is 6.92 Å². The molecule has 18 heavy (non-hydrogen) atoms. The van der Waals surface area contributed by atoms with E-state index in [9.17, 15) is 4.39 Å². The zero-order valence-electron chi connectivity index (χ0n) is 11.0. The molecular formula is C14H21ClFNO. The van der Waals surface area contributed by atoms with Crippen molar-refractivity contribution >= 4 is 11.6 Å². The largest absolute Gasteiger partial charge is 0.377 e. The first-order valence-corrected chi connectivity index (χ1v) is 6.77. The second kappa shape index (κ2) is 7.72. The van der Waals surface area contributed by atoms with Crippen LogP contribution >= 0.6 is 11.6 Å². The molecule has 0 saturated carbocycles. The predicted molar refractivity (Wildman–Crippen MR) is 73.4 cm³/mol. The molecule has 0 fully saturated rings. The number of hydrogen-bond acceptors (Lipinski definition) is 2. The number of halogens is 2. The standard InChI is InChI=1S/C14H21ClFNO/c1-3-5-14(18-4-2)13(17)9-10-6-7-12(16)11(15)8-10/h6-8,13-14H,3-5,9,17H2,1-2H3. The maximum absolute atomic E-state index is 13.0. The van der Waals surface area contributed by atoms with Crippen LogP contribution in [0.5, 0.6) is 0 Å². The molecule has 1 aromatic carbocycles. The molecule has 0 aromatic heterocycles. The van der Waals surface area contributed by atoms with Crippen LogP contribution in [0.15, 0.2) is 18.2 Å². The fourth-order valence-corrected chi connectivity index (χ4v) is 2.19. The lowest BCUT2D eigenvalue weighted by Crippen LogP contribution is -2.38. The van der Waals surface area contributed by atoms with Gasteiger partial charge in [-0.15, -0.1) is 0 Å². The van der Waals surface area contributed by atoms with Gasteiger partial charge in [-0.05, 0) is 37.5 Å². The fraction of sp³-hybridized carbons (Fsp3) is 0.571. The molecule has 2 atom stereocenters. The van der Waals surface area contributed by atoms with E-state index < -0.39 is 5.82 Å². The summed E-state index contributed by atoms with van der Waals surface area (Å²) in [5, 5.41) is 0.142. The van der Waals surface area contributed by atoms with Gasteiger partial charge in [-0.3, -0.25) is 0 Å². The normalized spacial score (nSPS) is 14.5. The molecule has 0 bridgehead atoms. The molecule has 0 amide bonds. The molecule has 0 aliphatic carbocycles. The van der Waals surface area contributed by atoms with Gasteiger partial charge in [-0.2, -0.15) is 0 Å². The van der Waals surface area contributed by atoms with Crippen LogP contribution in [0.1, 0.15) is 32.3 Å². The molecule has 2 nitrogen and oxygen atoms in total. The van der Waals surface area contributed by atoms with Crippen molar-refractivity contribution in [3.8, 4) is 0 Å². The van der Waals surface area contributed by atoms with E-state index in [1.807, 2.05) is 6.92 Å². The van der Waals surface area contributed by atoms with Crippen molar-refractivity contribution in [3.05, 3.63) is 34.6 Å². The minimum Gasteiger partial charge on any atom is -0.377 e. The van der Waals surface area contributed by atoms with Gasteiger partial charge in [0.05, 0.1) is 11.1 Å². The highest BCUT2D eigenvalue weighted by molar-refractivity contribution is 6.30. The molecule has 102 valence electrons. The Balaban J connectivity index is 2.66. The third-order valence-electron chi connectivity index (χ3n) is 2.89. The van der Waals surface area contributed by atoms with Crippen LogP contribution < -0.4 is 5.73 Å². The van der Waals surface area contributed by atoms with Crippen molar-refractivity contribution in [2.45, 2.75) is 45.3 Å². The van der Waals surface area contributed by atoms with Gasteiger partial charge in [0.15, 0.2) is 0 Å². The fourth-order valence-electron chi connectivity index (χ4n) is 1.99. The van der Waals surface area contributed by atoms with Crippen molar-refractivity contribution in [3.63, 3.8) is 0 Å². The Bertz CT molecular complexity index is 367. The molecule has 2 N–H and O–H groups in total. The first-order chi connectivity index (χ1) is 8.58. The van der Waals surface area contributed by atoms with E-state index >= 15 is 0 Å². The van der Waals surface area contributed by atoms with Crippen LogP contribution in [-0.4, -0.2) is 18.8 Å². The SMILES string of the molecule is CCCC(OCC)C(N)Cc1ccc(F)c(Cl)c1. The van der Waals surface area contributed by atoms with E-state index in [0.29, 0.717) is 13.0 Å². The summed E-state index contributed by atoms with van der Waals surface area (Å²) in [6, 6.07) is 4.63. The topological polar surface area (TPSA) is 35.2 Å². The van der Waals surface area contributed by atoms with Crippen LogP contribution in [-0.2, 0) is 11.2 Å². The Hall–Kier alpha value is -0.640. The second-order valence-electron chi connectivity index (χ2n) is 4.40. The Kier molecular flexibility index (Phi) is 6.61. The van der Waals surface area contributed by atoms with E-state index in [1.165, 1.54) is 6.07 Å². The van der Waals surface area contributed by atoms with Crippen LogP contribution in [0.2, 0.25) is 5.02 Å². The average Bonchev–Trinajstić information content (AvgIpc) is 2.33. The van der Waals surface area contributed by atoms with E-state index in [0.717, 1.165) is 18.4 Å². The van der Waals surface area contributed by atoms with Crippen molar-refractivity contribution in [1.82, 2.24) is 0 Å². The van der Waals surface area contributed by atoms with Gasteiger partial charge >= 0.3 is 0 Å². The van der Waals surface area contributed by atoms with Gasteiger partial charge in [0.1, 0.15) is 5.82 Å². The van der Waals surface area contributed by atoms with Crippen LogP contribution in [0.25, 0.3) is 0 Å². The van der Waals surface area contributed by atoms with Crippen molar-refractivity contribution in [1.29, 1.82) is 0 Å². The summed E-state index contributed by atoms with van der Waals surface area (Å²) in [4.78, 5) is 0. The molecule has 0 spiro atoms. The molecule has 1 aromatic rings. The van der Waals surface area contributed by atoms with E-state index in [-0.39, 0.29) is 17.2 Å². The Labute approximate surface area is 113 Å². The minimum absolute atomic E-state index is 0.0452. The summed E-state index contributed by atoms with van der Waals surface area (Å²) in [6.07, 6.45) is 2.65. The Morgan fingerprint density at radius 2 is 2.11 bits per heavy atom. The van der Waals surface area contributed by atoms with Crippen molar-refractivity contribution in [2.24, 2.45) is 5.73 Å². The summed E-state index contributed by atoms with van der Waals surface area (Å²) in [7, 11) is 0. The van der Waals surface area contributed by atoms with Crippen LogP contribution in [0, 0.1) is 5.82 Å². The summed E-state index contributed by atoms with van der Waals surface area (Å²) in [6.45, 7) is 4.72. The maximum atomic E-state index is 13.0. The van der Waals surface area contributed by atoms with E-state index in [1.54, 1.807) is 12.1 Å². The monoisotopic (exact) mass is 273 g/mol. The highest BCUT2D eigenvalue weighted by atomic mass is 35.5. The first-order valence-electron chi connectivity index (χ1n) is 6.39. The van der Waals surface area contributed by atoms with Gasteiger partial charge in [0.2, 0.25) is 0 Å². The maximum Gasteiger partial charge on any atom is 0.141 e. The number of rotatable bonds is 7. The zero-order chi connectivity index (χ0) is 13.5. The Morgan fingerprint density at radius 3 is 2.67 bits per heavy atom. The summed E-state index contributed by atoms with van der Waals surface area (Å²) >= 11 is 5.75.